The molecule has 3 heteroatoms. The van der Waals surface area contributed by atoms with Crippen LogP contribution in [0.1, 0.15) is 12.0 Å². The fourth-order valence-electron chi connectivity index (χ4n) is 2.65. The predicted octanol–water partition coefficient (Wildman–Crippen LogP) is 2.27. The highest BCUT2D eigenvalue weighted by molar-refractivity contribution is 5.80. The molecule has 1 aliphatic rings. The number of nitrogens with zero attached hydrogens (tertiary/aromatic N) is 1. The minimum Gasteiger partial charge on any atom is -0.464 e. The Hall–Kier alpha value is -1.32. The summed E-state index contributed by atoms with van der Waals surface area (Å²) in [5, 5.41) is 4.66. The molecule has 0 spiro atoms. The number of rotatable bonds is 4. The van der Waals surface area contributed by atoms with E-state index in [1.807, 2.05) is 18.4 Å². The maximum absolute atomic E-state index is 5.57. The van der Waals surface area contributed by atoms with Crippen molar-refractivity contribution in [3.63, 3.8) is 0 Å². The van der Waals surface area contributed by atoms with E-state index in [1.165, 1.54) is 37.0 Å². The van der Waals surface area contributed by atoms with E-state index in [0.717, 1.165) is 25.1 Å². The highest BCUT2D eigenvalue weighted by atomic mass is 16.3. The van der Waals surface area contributed by atoms with E-state index in [4.69, 9.17) is 4.42 Å². The largest absolute Gasteiger partial charge is 0.464 e. The zero-order chi connectivity index (χ0) is 12.2. The van der Waals surface area contributed by atoms with Crippen LogP contribution in [0.5, 0.6) is 0 Å². The van der Waals surface area contributed by atoms with Gasteiger partial charge >= 0.3 is 0 Å². The first-order valence-electron chi connectivity index (χ1n) is 6.82. The topological polar surface area (TPSA) is 28.4 Å². The summed E-state index contributed by atoms with van der Waals surface area (Å²) < 4.78 is 5.57. The third kappa shape index (κ3) is 2.57. The van der Waals surface area contributed by atoms with Gasteiger partial charge in [-0.15, -0.1) is 0 Å². The summed E-state index contributed by atoms with van der Waals surface area (Å²) in [6, 6.07) is 8.29. The number of aryl methyl sites for hydroxylation is 1. The molecule has 2 heterocycles. The van der Waals surface area contributed by atoms with E-state index in [2.05, 4.69) is 22.3 Å². The van der Waals surface area contributed by atoms with Crippen LogP contribution < -0.4 is 5.32 Å². The highest BCUT2D eigenvalue weighted by Gasteiger charge is 2.10. The van der Waals surface area contributed by atoms with E-state index in [-0.39, 0.29) is 0 Å². The van der Waals surface area contributed by atoms with Crippen molar-refractivity contribution in [2.75, 3.05) is 32.7 Å². The first-order valence-corrected chi connectivity index (χ1v) is 6.82. The Balaban J connectivity index is 1.56. The molecule has 96 valence electrons. The van der Waals surface area contributed by atoms with Crippen molar-refractivity contribution in [1.29, 1.82) is 0 Å². The molecule has 1 aliphatic heterocycles. The number of hydrogen-bond donors (Lipinski definition) is 1. The summed E-state index contributed by atoms with van der Waals surface area (Å²) in [5.74, 6) is 0. The molecule has 0 unspecified atom stereocenters. The lowest BCUT2D eigenvalue weighted by atomic mass is 10.1. The Kier molecular flexibility index (Phi) is 3.62. The van der Waals surface area contributed by atoms with Crippen molar-refractivity contribution in [3.05, 3.63) is 36.1 Å². The van der Waals surface area contributed by atoms with E-state index in [9.17, 15) is 0 Å². The van der Waals surface area contributed by atoms with Crippen molar-refractivity contribution in [2.24, 2.45) is 0 Å². The molecule has 2 aromatic rings. The van der Waals surface area contributed by atoms with E-state index >= 15 is 0 Å². The van der Waals surface area contributed by atoms with Gasteiger partial charge in [0.2, 0.25) is 0 Å². The lowest BCUT2D eigenvalue weighted by Gasteiger charge is -2.26. The Labute approximate surface area is 108 Å². The lowest BCUT2D eigenvalue weighted by Crippen LogP contribution is -2.43. The molecule has 1 fully saturated rings. The van der Waals surface area contributed by atoms with Gasteiger partial charge in [0.05, 0.1) is 6.26 Å². The summed E-state index contributed by atoms with van der Waals surface area (Å²) in [4.78, 5) is 2.54. The second-order valence-electron chi connectivity index (χ2n) is 4.95. The van der Waals surface area contributed by atoms with Crippen LogP contribution in [0.15, 0.2) is 34.9 Å². The number of para-hydroxylation sites is 1. The zero-order valence-corrected chi connectivity index (χ0v) is 10.7. The number of benzene rings is 1. The van der Waals surface area contributed by atoms with Crippen LogP contribution in [0, 0.1) is 0 Å². The molecule has 1 N–H and O–H groups in total. The Morgan fingerprint density at radius 3 is 2.89 bits per heavy atom. The Morgan fingerprint density at radius 1 is 1.17 bits per heavy atom. The minimum absolute atomic E-state index is 1.01. The van der Waals surface area contributed by atoms with Gasteiger partial charge in [0.1, 0.15) is 5.58 Å². The monoisotopic (exact) mass is 244 g/mol. The van der Waals surface area contributed by atoms with Gasteiger partial charge in [-0.3, -0.25) is 0 Å². The molecule has 0 bridgehead atoms. The minimum atomic E-state index is 1.01. The number of furan rings is 1. The van der Waals surface area contributed by atoms with Crippen molar-refractivity contribution < 1.29 is 4.42 Å². The summed E-state index contributed by atoms with van der Waals surface area (Å²) in [7, 11) is 0. The smallest absolute Gasteiger partial charge is 0.134 e. The molecule has 3 rings (SSSR count). The zero-order valence-electron chi connectivity index (χ0n) is 10.7. The van der Waals surface area contributed by atoms with Gasteiger partial charge in [-0.05, 0) is 31.0 Å². The molecule has 0 amide bonds. The first-order chi connectivity index (χ1) is 8.93. The number of nitrogens with one attached hydrogen (secondary N) is 1. The lowest BCUT2D eigenvalue weighted by molar-refractivity contribution is 0.238. The van der Waals surface area contributed by atoms with Gasteiger partial charge in [0.15, 0.2) is 0 Å². The summed E-state index contributed by atoms with van der Waals surface area (Å²) in [5.41, 5.74) is 2.36. The second kappa shape index (κ2) is 5.55. The fraction of sp³-hybridized carbons (Fsp3) is 0.467. The van der Waals surface area contributed by atoms with Crippen LogP contribution in [0.25, 0.3) is 11.0 Å². The van der Waals surface area contributed by atoms with Crippen molar-refractivity contribution >= 4 is 11.0 Å². The van der Waals surface area contributed by atoms with E-state index in [0.29, 0.717) is 0 Å². The summed E-state index contributed by atoms with van der Waals surface area (Å²) >= 11 is 0. The van der Waals surface area contributed by atoms with Gasteiger partial charge in [-0.1, -0.05) is 18.2 Å². The quantitative estimate of drug-likeness (QED) is 0.894. The first kappa shape index (κ1) is 11.8. The number of fused-ring (bicyclic) bond motifs is 1. The van der Waals surface area contributed by atoms with Crippen LogP contribution in [-0.2, 0) is 6.42 Å². The summed E-state index contributed by atoms with van der Waals surface area (Å²) in [6.45, 7) is 5.84. The Morgan fingerprint density at radius 2 is 2.00 bits per heavy atom. The SMILES string of the molecule is c1ccc2c(CCCN3CCNCC3)coc2c1. The fourth-order valence-corrected chi connectivity index (χ4v) is 2.65. The molecule has 1 saturated heterocycles. The van der Waals surface area contributed by atoms with Crippen LogP contribution in [0.4, 0.5) is 0 Å². The van der Waals surface area contributed by atoms with Crippen molar-refractivity contribution in [3.8, 4) is 0 Å². The average molecular weight is 244 g/mol. The predicted molar refractivity (Wildman–Crippen MR) is 73.8 cm³/mol. The molecule has 0 atom stereocenters. The van der Waals surface area contributed by atoms with E-state index in [1.54, 1.807) is 0 Å². The molecule has 0 radical (unpaired) electrons. The van der Waals surface area contributed by atoms with Crippen molar-refractivity contribution in [1.82, 2.24) is 10.2 Å². The van der Waals surface area contributed by atoms with Gasteiger partial charge in [0, 0.05) is 31.6 Å². The average Bonchev–Trinajstić information content (AvgIpc) is 2.84. The third-order valence-electron chi connectivity index (χ3n) is 3.69. The molecular weight excluding hydrogens is 224 g/mol. The van der Waals surface area contributed by atoms with Gasteiger partial charge < -0.3 is 14.6 Å². The van der Waals surface area contributed by atoms with Crippen molar-refractivity contribution in [2.45, 2.75) is 12.8 Å². The Bertz CT molecular complexity index is 500. The van der Waals surface area contributed by atoms with Crippen LogP contribution in [-0.4, -0.2) is 37.6 Å². The highest BCUT2D eigenvalue weighted by Crippen LogP contribution is 2.21. The third-order valence-corrected chi connectivity index (χ3v) is 3.69. The summed E-state index contributed by atoms with van der Waals surface area (Å²) in [6.07, 6.45) is 4.24. The van der Waals surface area contributed by atoms with Crippen LogP contribution in [0.2, 0.25) is 0 Å². The second-order valence-corrected chi connectivity index (χ2v) is 4.95. The number of hydrogen-bond acceptors (Lipinski definition) is 3. The molecule has 0 saturated carbocycles. The number of piperazine rings is 1. The maximum Gasteiger partial charge on any atom is 0.134 e. The molecule has 1 aromatic carbocycles. The van der Waals surface area contributed by atoms with Crippen LogP contribution in [0.3, 0.4) is 0 Å². The van der Waals surface area contributed by atoms with Gasteiger partial charge in [-0.2, -0.15) is 0 Å². The molecule has 0 aliphatic carbocycles. The van der Waals surface area contributed by atoms with Crippen LogP contribution >= 0.6 is 0 Å². The normalized spacial score (nSPS) is 17.3. The van der Waals surface area contributed by atoms with Gasteiger partial charge in [0.25, 0.3) is 0 Å². The molecule has 3 nitrogen and oxygen atoms in total. The molecule has 1 aromatic heterocycles. The van der Waals surface area contributed by atoms with Gasteiger partial charge in [-0.25, -0.2) is 0 Å². The molecular formula is C15H20N2O. The maximum atomic E-state index is 5.57. The standard InChI is InChI=1S/C15H20N2O/c1-2-6-15-14(5-1)13(12-18-15)4-3-9-17-10-7-16-8-11-17/h1-2,5-6,12,16H,3-4,7-11H2. The van der Waals surface area contributed by atoms with E-state index < -0.39 is 0 Å². The molecule has 18 heavy (non-hydrogen) atoms.